The molecule has 0 aliphatic carbocycles. The standard InChI is InChI=1S/2C19H18F4N4O4/c2*1-19(30)13(29)18(27-3-2-8-16(24)25-6-26-17(8)27)31-14(19)12(28)9-4-7(20)5-10(11(9)21)15(22)23/h2*2-6,12-15,18,28-30H,1H3,(H2,24,25,26)/t12-,13+,14-,18-,19+;12-,13-,14+,18+,19-/m10/s1. The second-order valence-corrected chi connectivity index (χ2v) is 15.0. The van der Waals surface area contributed by atoms with Gasteiger partial charge in [-0.2, -0.15) is 0 Å². The maximum Gasteiger partial charge on any atom is 0.266 e. The number of nitrogen functional groups attached to an aromatic ring is 2. The monoisotopic (exact) mass is 884 g/mol. The van der Waals surface area contributed by atoms with Gasteiger partial charge in [0.05, 0.1) is 21.9 Å². The molecule has 6 aromatic rings. The maximum absolute atomic E-state index is 14.5. The van der Waals surface area contributed by atoms with E-state index in [0.29, 0.717) is 35.0 Å². The van der Waals surface area contributed by atoms with Crippen molar-refractivity contribution in [1.82, 2.24) is 29.1 Å². The quantitative estimate of drug-likeness (QED) is 0.101. The van der Waals surface area contributed by atoms with Crippen LogP contribution in [0.25, 0.3) is 22.1 Å². The molecule has 6 heterocycles. The zero-order chi connectivity index (χ0) is 45.3. The first-order valence-corrected chi connectivity index (χ1v) is 18.2. The molecular weight excluding hydrogens is 848 g/mol. The maximum atomic E-state index is 14.5. The number of alkyl halides is 4. The zero-order valence-electron chi connectivity index (χ0n) is 31.9. The van der Waals surface area contributed by atoms with Gasteiger partial charge in [-0.3, -0.25) is 0 Å². The number of aromatic nitrogens is 6. The summed E-state index contributed by atoms with van der Waals surface area (Å²) in [5, 5.41) is 65.2. The molecular formula is C38H36F8N8O8. The van der Waals surface area contributed by atoms with Crippen LogP contribution in [0.5, 0.6) is 0 Å². The van der Waals surface area contributed by atoms with Gasteiger partial charge in [0, 0.05) is 23.5 Å². The number of benzene rings is 2. The molecule has 8 rings (SSSR count). The second-order valence-electron chi connectivity index (χ2n) is 15.0. The van der Waals surface area contributed by atoms with E-state index in [0.717, 1.165) is 13.8 Å². The lowest BCUT2D eigenvalue weighted by molar-refractivity contribution is -0.115. The molecule has 0 saturated carbocycles. The van der Waals surface area contributed by atoms with Gasteiger partial charge in [0.25, 0.3) is 12.9 Å². The van der Waals surface area contributed by atoms with Gasteiger partial charge in [-0.05, 0) is 50.2 Å². The van der Waals surface area contributed by atoms with Gasteiger partial charge >= 0.3 is 0 Å². The number of ether oxygens (including phenoxy) is 2. The first kappa shape index (κ1) is 44.5. The molecule has 10 atom stereocenters. The van der Waals surface area contributed by atoms with Crippen molar-refractivity contribution in [2.75, 3.05) is 11.5 Å². The third-order valence-corrected chi connectivity index (χ3v) is 11.0. The van der Waals surface area contributed by atoms with E-state index < -0.39 is 119 Å². The van der Waals surface area contributed by atoms with Crippen molar-refractivity contribution >= 4 is 33.7 Å². The SMILES string of the molecule is C[C@@]1(O)[C@@H]([C@@H](O)c2cc(F)cc(C(F)F)c2F)O[C@@H](n2ccc3c(N)ncnc32)[C@@H]1O.C[C@@]1(O)[C@@H]([C@H](O)c2cc(F)cc(C(F)F)c2F)O[C@@H](n2ccc3c(N)ncnc32)[C@@H]1O. The Morgan fingerprint density at radius 3 is 1.29 bits per heavy atom. The zero-order valence-corrected chi connectivity index (χ0v) is 31.9. The van der Waals surface area contributed by atoms with E-state index in [9.17, 15) is 65.8 Å². The molecule has 0 amide bonds. The lowest BCUT2D eigenvalue weighted by Gasteiger charge is -2.30. The van der Waals surface area contributed by atoms with Crippen LogP contribution in [0.15, 0.2) is 61.4 Å². The molecule has 332 valence electrons. The van der Waals surface area contributed by atoms with Crippen LogP contribution in [0.3, 0.4) is 0 Å². The highest BCUT2D eigenvalue weighted by Gasteiger charge is 2.57. The summed E-state index contributed by atoms with van der Waals surface area (Å²) >= 11 is 0. The van der Waals surface area contributed by atoms with Crippen molar-refractivity contribution in [3.63, 3.8) is 0 Å². The lowest BCUT2D eigenvalue weighted by Crippen LogP contribution is -2.47. The van der Waals surface area contributed by atoms with E-state index in [1.807, 2.05) is 0 Å². The highest BCUT2D eigenvalue weighted by atomic mass is 19.3. The van der Waals surface area contributed by atoms with Gasteiger partial charge in [0.1, 0.15) is 107 Å². The average Bonchev–Trinajstić information content (AvgIpc) is 3.95. The summed E-state index contributed by atoms with van der Waals surface area (Å²) in [5.74, 6) is -5.17. The summed E-state index contributed by atoms with van der Waals surface area (Å²) in [6.07, 6.45) is -14.9. The van der Waals surface area contributed by atoms with E-state index in [4.69, 9.17) is 20.9 Å². The lowest BCUT2D eigenvalue weighted by atomic mass is 9.87. The van der Waals surface area contributed by atoms with Crippen molar-refractivity contribution in [1.29, 1.82) is 0 Å². The number of fused-ring (bicyclic) bond motifs is 2. The highest BCUT2D eigenvalue weighted by Crippen LogP contribution is 2.46. The number of nitrogens with two attached hydrogens (primary N) is 2. The van der Waals surface area contributed by atoms with Gasteiger partial charge in [0.15, 0.2) is 12.5 Å². The minimum absolute atomic E-state index is 0.154. The number of halogens is 8. The average molecular weight is 885 g/mol. The molecule has 2 aliphatic heterocycles. The van der Waals surface area contributed by atoms with Crippen LogP contribution < -0.4 is 11.5 Å². The van der Waals surface area contributed by atoms with Crippen molar-refractivity contribution < 1.29 is 75.2 Å². The Hall–Kier alpha value is -5.60. The van der Waals surface area contributed by atoms with Gasteiger partial charge in [0.2, 0.25) is 0 Å². The van der Waals surface area contributed by atoms with Crippen LogP contribution in [0.1, 0.15) is 73.6 Å². The Bertz CT molecular complexity index is 2460. The van der Waals surface area contributed by atoms with Gasteiger partial charge in [-0.15, -0.1) is 0 Å². The van der Waals surface area contributed by atoms with Crippen molar-refractivity contribution in [3.8, 4) is 0 Å². The molecule has 4 aromatic heterocycles. The van der Waals surface area contributed by atoms with E-state index >= 15 is 0 Å². The fourth-order valence-corrected chi connectivity index (χ4v) is 7.59. The van der Waals surface area contributed by atoms with Crippen LogP contribution in [-0.2, 0) is 9.47 Å². The van der Waals surface area contributed by atoms with E-state index in [-0.39, 0.29) is 22.9 Å². The first-order valence-electron chi connectivity index (χ1n) is 18.2. The molecule has 0 radical (unpaired) electrons. The summed E-state index contributed by atoms with van der Waals surface area (Å²) in [7, 11) is 0. The molecule has 62 heavy (non-hydrogen) atoms. The van der Waals surface area contributed by atoms with Gasteiger partial charge < -0.3 is 60.7 Å². The first-order chi connectivity index (χ1) is 29.1. The number of aliphatic hydroxyl groups is 6. The predicted octanol–water partition coefficient (Wildman–Crippen LogP) is 3.94. The number of hydrogen-bond acceptors (Lipinski definition) is 14. The summed E-state index contributed by atoms with van der Waals surface area (Å²) in [6.45, 7) is 2.23. The van der Waals surface area contributed by atoms with E-state index in [1.54, 1.807) is 12.1 Å². The van der Waals surface area contributed by atoms with Crippen LogP contribution in [-0.4, -0.2) is 95.3 Å². The molecule has 24 heteroatoms. The predicted molar refractivity (Wildman–Crippen MR) is 198 cm³/mol. The third kappa shape index (κ3) is 7.44. The molecule has 2 aromatic carbocycles. The number of rotatable bonds is 8. The molecule has 0 spiro atoms. The van der Waals surface area contributed by atoms with Gasteiger partial charge in [-0.25, -0.2) is 55.1 Å². The number of aliphatic hydroxyl groups excluding tert-OH is 4. The summed E-state index contributed by atoms with van der Waals surface area (Å²) in [4.78, 5) is 15.8. The van der Waals surface area contributed by atoms with Crippen LogP contribution in [0.2, 0.25) is 0 Å². The van der Waals surface area contributed by atoms with Crippen molar-refractivity contribution in [2.45, 2.75) is 87.0 Å². The summed E-state index contributed by atoms with van der Waals surface area (Å²) < 4.78 is 123. The fourth-order valence-electron chi connectivity index (χ4n) is 7.59. The van der Waals surface area contributed by atoms with Crippen LogP contribution in [0, 0.1) is 23.3 Å². The molecule has 16 nitrogen and oxygen atoms in total. The molecule has 10 N–H and O–H groups in total. The van der Waals surface area contributed by atoms with E-state index in [1.165, 1.54) is 34.2 Å². The Morgan fingerprint density at radius 1 is 0.613 bits per heavy atom. The molecule has 0 bridgehead atoms. The Labute approximate surface area is 343 Å². The topological polar surface area (TPSA) is 253 Å². The molecule has 2 fully saturated rings. The smallest absolute Gasteiger partial charge is 0.266 e. The third-order valence-electron chi connectivity index (χ3n) is 11.0. The molecule has 0 unspecified atom stereocenters. The minimum atomic E-state index is -3.33. The normalized spacial score (nSPS) is 27.3. The molecule has 2 aliphatic rings. The fraction of sp³-hybridized carbons (Fsp3) is 0.368. The van der Waals surface area contributed by atoms with Crippen molar-refractivity contribution in [2.24, 2.45) is 0 Å². The minimum Gasteiger partial charge on any atom is -0.385 e. The van der Waals surface area contributed by atoms with Gasteiger partial charge in [-0.1, -0.05) is 0 Å². The second kappa shape index (κ2) is 16.3. The van der Waals surface area contributed by atoms with Crippen LogP contribution >= 0.6 is 0 Å². The Balaban J connectivity index is 0.000000186. The Morgan fingerprint density at radius 2 is 0.952 bits per heavy atom. The largest absolute Gasteiger partial charge is 0.385 e. The number of hydrogen-bond donors (Lipinski definition) is 8. The number of nitrogens with zero attached hydrogens (tertiary/aromatic N) is 6. The van der Waals surface area contributed by atoms with Crippen LogP contribution in [0.4, 0.5) is 46.8 Å². The summed E-state index contributed by atoms with van der Waals surface area (Å²) in [6, 6.07) is 4.78. The van der Waals surface area contributed by atoms with E-state index in [2.05, 4.69) is 19.9 Å². The molecule has 2 saturated heterocycles. The number of anilines is 2. The Kier molecular flexibility index (Phi) is 11.7. The van der Waals surface area contributed by atoms with Crippen molar-refractivity contribution in [3.05, 3.63) is 107 Å². The highest BCUT2D eigenvalue weighted by molar-refractivity contribution is 5.86. The summed E-state index contributed by atoms with van der Waals surface area (Å²) in [5.41, 5.74) is 3.55.